The number of nitrogens with zero attached hydrogens (tertiary/aromatic N) is 2. The van der Waals surface area contributed by atoms with Crippen LogP contribution in [-0.4, -0.2) is 59.5 Å². The Morgan fingerprint density at radius 1 is 1.12 bits per heavy atom. The number of alkyl halides is 3. The Bertz CT molecular complexity index is 596. The second-order valence-electron chi connectivity index (χ2n) is 5.71. The van der Waals surface area contributed by atoms with Crippen LogP contribution in [0.15, 0.2) is 24.3 Å². The van der Waals surface area contributed by atoms with Gasteiger partial charge in [-0.25, -0.2) is 0 Å². The molecule has 0 radical (unpaired) electrons. The highest BCUT2D eigenvalue weighted by Gasteiger charge is 2.31. The molecule has 1 aromatic rings. The van der Waals surface area contributed by atoms with Crippen molar-refractivity contribution >= 4 is 11.9 Å². The first-order valence-corrected chi connectivity index (χ1v) is 7.68. The van der Waals surface area contributed by atoms with Crippen molar-refractivity contribution in [3.8, 4) is 0 Å². The number of carboxylic acids is 1. The van der Waals surface area contributed by atoms with Crippen molar-refractivity contribution in [3.05, 3.63) is 35.4 Å². The fourth-order valence-electron chi connectivity index (χ4n) is 2.64. The van der Waals surface area contributed by atoms with Gasteiger partial charge >= 0.3 is 12.1 Å². The number of halogens is 3. The van der Waals surface area contributed by atoms with E-state index in [-0.39, 0.29) is 12.0 Å². The summed E-state index contributed by atoms with van der Waals surface area (Å²) < 4.78 is 38.2. The molecule has 5 nitrogen and oxygen atoms in total. The van der Waals surface area contributed by atoms with E-state index in [4.69, 9.17) is 5.11 Å². The first-order chi connectivity index (χ1) is 11.3. The number of carbonyl (C=O) groups is 2. The van der Waals surface area contributed by atoms with Gasteiger partial charge in [0.15, 0.2) is 0 Å². The average molecular weight is 344 g/mol. The van der Waals surface area contributed by atoms with Crippen LogP contribution >= 0.6 is 0 Å². The van der Waals surface area contributed by atoms with E-state index >= 15 is 0 Å². The van der Waals surface area contributed by atoms with Gasteiger partial charge in [0, 0.05) is 38.2 Å². The molecule has 0 bridgehead atoms. The lowest BCUT2D eigenvalue weighted by atomic mass is 10.1. The lowest BCUT2D eigenvalue weighted by molar-refractivity contribution is -0.138. The summed E-state index contributed by atoms with van der Waals surface area (Å²) in [5, 5.41) is 8.61. The van der Waals surface area contributed by atoms with Crippen molar-refractivity contribution in [2.45, 2.75) is 19.0 Å². The van der Waals surface area contributed by atoms with Crippen LogP contribution in [0.4, 0.5) is 13.2 Å². The number of rotatable bonds is 5. The number of amides is 1. The molecule has 8 heteroatoms. The Labute approximate surface area is 137 Å². The third-order valence-electron chi connectivity index (χ3n) is 3.96. The minimum Gasteiger partial charge on any atom is -0.481 e. The third kappa shape index (κ3) is 4.95. The van der Waals surface area contributed by atoms with Crippen molar-refractivity contribution in [3.63, 3.8) is 0 Å². The van der Waals surface area contributed by atoms with Gasteiger partial charge in [0.05, 0.1) is 5.56 Å². The van der Waals surface area contributed by atoms with E-state index in [0.717, 1.165) is 12.1 Å². The standard InChI is InChI=1S/C16H19F3N2O3/c17-16(18,19)13-4-1-3-12(11-13)15(24)21-9-7-20(8-10-21)6-2-5-14(22)23/h1,3-4,11H,2,5-10H2,(H,22,23). The lowest BCUT2D eigenvalue weighted by Crippen LogP contribution is -2.48. The fourth-order valence-corrected chi connectivity index (χ4v) is 2.64. The molecule has 1 amide bonds. The van der Waals surface area contributed by atoms with E-state index < -0.39 is 23.6 Å². The third-order valence-corrected chi connectivity index (χ3v) is 3.96. The number of carbonyl (C=O) groups excluding carboxylic acids is 1. The Balaban J connectivity index is 1.90. The number of hydrogen-bond donors (Lipinski definition) is 1. The van der Waals surface area contributed by atoms with Crippen LogP contribution in [0, 0.1) is 0 Å². The van der Waals surface area contributed by atoms with Crippen LogP contribution in [0.3, 0.4) is 0 Å². The maximum Gasteiger partial charge on any atom is 0.416 e. The second-order valence-corrected chi connectivity index (χ2v) is 5.71. The highest BCUT2D eigenvalue weighted by molar-refractivity contribution is 5.94. The molecule has 1 fully saturated rings. The van der Waals surface area contributed by atoms with E-state index in [0.29, 0.717) is 39.1 Å². The number of carboxylic acid groups (broad SMARTS) is 1. The molecule has 0 spiro atoms. The fraction of sp³-hybridized carbons (Fsp3) is 0.500. The molecule has 0 saturated carbocycles. The van der Waals surface area contributed by atoms with Gasteiger partial charge in [-0.2, -0.15) is 13.2 Å². The summed E-state index contributed by atoms with van der Waals surface area (Å²) in [5.41, 5.74) is -0.801. The Morgan fingerprint density at radius 2 is 1.79 bits per heavy atom. The van der Waals surface area contributed by atoms with Gasteiger partial charge in [-0.15, -0.1) is 0 Å². The molecule has 1 N–H and O–H groups in total. The van der Waals surface area contributed by atoms with E-state index in [9.17, 15) is 22.8 Å². The maximum absolute atomic E-state index is 12.7. The summed E-state index contributed by atoms with van der Waals surface area (Å²) in [6, 6.07) is 4.44. The van der Waals surface area contributed by atoms with Gasteiger partial charge in [0.2, 0.25) is 0 Å². The molecule has 0 atom stereocenters. The van der Waals surface area contributed by atoms with Gasteiger partial charge in [-0.1, -0.05) is 6.07 Å². The molecular weight excluding hydrogens is 325 g/mol. The molecule has 1 heterocycles. The minimum atomic E-state index is -4.47. The van der Waals surface area contributed by atoms with Crippen LogP contribution in [0.1, 0.15) is 28.8 Å². The summed E-state index contributed by atoms with van der Waals surface area (Å²) in [5.74, 6) is -1.25. The molecule has 1 saturated heterocycles. The Kier molecular flexibility index (Phi) is 5.82. The van der Waals surface area contributed by atoms with Crippen LogP contribution in [0.5, 0.6) is 0 Å². The van der Waals surface area contributed by atoms with Gasteiger partial charge in [0.1, 0.15) is 0 Å². The van der Waals surface area contributed by atoms with E-state index in [1.165, 1.54) is 17.0 Å². The van der Waals surface area contributed by atoms with E-state index in [1.807, 2.05) is 0 Å². The summed E-state index contributed by atoms with van der Waals surface area (Å²) in [6.45, 7) is 2.65. The van der Waals surface area contributed by atoms with Crippen molar-refractivity contribution in [1.29, 1.82) is 0 Å². The number of benzene rings is 1. The number of piperazine rings is 1. The molecule has 0 aromatic heterocycles. The molecule has 2 rings (SSSR count). The predicted octanol–water partition coefficient (Wildman–Crippen LogP) is 2.33. The molecule has 1 aliphatic heterocycles. The zero-order chi connectivity index (χ0) is 17.7. The van der Waals surface area contributed by atoms with Crippen molar-refractivity contribution < 1.29 is 27.9 Å². The van der Waals surface area contributed by atoms with Gasteiger partial charge < -0.3 is 10.0 Å². The lowest BCUT2D eigenvalue weighted by Gasteiger charge is -2.34. The Morgan fingerprint density at radius 3 is 2.38 bits per heavy atom. The van der Waals surface area contributed by atoms with Crippen LogP contribution in [0.25, 0.3) is 0 Å². The minimum absolute atomic E-state index is 0.0316. The SMILES string of the molecule is O=C(O)CCCN1CCN(C(=O)c2cccc(C(F)(F)F)c2)CC1. The predicted molar refractivity (Wildman–Crippen MR) is 80.7 cm³/mol. The number of hydrogen-bond acceptors (Lipinski definition) is 3. The average Bonchev–Trinajstić information content (AvgIpc) is 2.54. The van der Waals surface area contributed by atoms with Crippen molar-refractivity contribution in [1.82, 2.24) is 9.80 Å². The quantitative estimate of drug-likeness (QED) is 0.891. The van der Waals surface area contributed by atoms with E-state index in [1.54, 1.807) is 0 Å². The topological polar surface area (TPSA) is 60.9 Å². The van der Waals surface area contributed by atoms with E-state index in [2.05, 4.69) is 4.90 Å². The summed E-state index contributed by atoms with van der Waals surface area (Å²) in [7, 11) is 0. The normalized spacial score (nSPS) is 16.2. The summed E-state index contributed by atoms with van der Waals surface area (Å²) in [4.78, 5) is 26.4. The molecule has 24 heavy (non-hydrogen) atoms. The largest absolute Gasteiger partial charge is 0.481 e. The highest BCUT2D eigenvalue weighted by Crippen LogP contribution is 2.29. The monoisotopic (exact) mass is 344 g/mol. The molecule has 132 valence electrons. The van der Waals surface area contributed by atoms with Crippen molar-refractivity contribution in [2.75, 3.05) is 32.7 Å². The smallest absolute Gasteiger partial charge is 0.416 e. The molecule has 1 aliphatic rings. The first-order valence-electron chi connectivity index (χ1n) is 7.68. The highest BCUT2D eigenvalue weighted by atomic mass is 19.4. The van der Waals surface area contributed by atoms with Crippen LogP contribution in [0.2, 0.25) is 0 Å². The summed E-state index contributed by atoms with van der Waals surface area (Å²) in [6.07, 6.45) is -3.83. The van der Waals surface area contributed by atoms with Gasteiger partial charge in [0.25, 0.3) is 5.91 Å². The Hall–Kier alpha value is -2.09. The first kappa shape index (κ1) is 18.3. The number of aliphatic carboxylic acids is 1. The maximum atomic E-state index is 12.7. The van der Waals surface area contributed by atoms with Gasteiger partial charge in [-0.05, 0) is 31.2 Å². The van der Waals surface area contributed by atoms with Crippen LogP contribution in [-0.2, 0) is 11.0 Å². The molecule has 1 aromatic carbocycles. The molecule has 0 unspecified atom stereocenters. The zero-order valence-electron chi connectivity index (χ0n) is 13.1. The molecular formula is C16H19F3N2O3. The van der Waals surface area contributed by atoms with Gasteiger partial charge in [-0.3, -0.25) is 14.5 Å². The second kappa shape index (κ2) is 7.65. The molecule has 0 aliphatic carbocycles. The summed E-state index contributed by atoms with van der Waals surface area (Å²) >= 11 is 0. The van der Waals surface area contributed by atoms with Crippen LogP contribution < -0.4 is 0 Å². The van der Waals surface area contributed by atoms with Crippen molar-refractivity contribution in [2.24, 2.45) is 0 Å². The zero-order valence-corrected chi connectivity index (χ0v) is 13.1.